The van der Waals surface area contributed by atoms with Gasteiger partial charge in [-0.15, -0.1) is 48.1 Å². The molecule has 2 aromatic heterocycles. The van der Waals surface area contributed by atoms with Crippen molar-refractivity contribution in [3.8, 4) is 39.6 Å². The van der Waals surface area contributed by atoms with E-state index in [0.29, 0.717) is 28.4 Å². The van der Waals surface area contributed by atoms with E-state index in [1.165, 1.54) is 22.3 Å². The second kappa shape index (κ2) is 19.1. The van der Waals surface area contributed by atoms with Crippen molar-refractivity contribution < 1.29 is 32.7 Å². The van der Waals surface area contributed by atoms with Crippen molar-refractivity contribution in [2.24, 2.45) is 0 Å². The van der Waals surface area contributed by atoms with Gasteiger partial charge in [-0.05, 0) is 113 Å². The first kappa shape index (κ1) is 46.1. The number of nitrogens with zero attached hydrogens (tertiary/aromatic N) is 4. The Balaban J connectivity index is 0.00000757. The van der Waals surface area contributed by atoms with E-state index in [9.17, 15) is 0 Å². The fraction of sp³-hybridized carbons (Fsp3) is 0.294. The van der Waals surface area contributed by atoms with Crippen LogP contribution in [0.3, 0.4) is 0 Å². The van der Waals surface area contributed by atoms with Crippen LogP contribution < -0.4 is 14.5 Å². The van der Waals surface area contributed by atoms with Crippen LogP contribution in [-0.4, -0.2) is 9.55 Å². The Labute approximate surface area is 462 Å². The van der Waals surface area contributed by atoms with Crippen molar-refractivity contribution in [1.29, 1.82) is 0 Å². The molecule has 1 aliphatic rings. The largest absolute Gasteiger partial charge is 0.509 e. The van der Waals surface area contributed by atoms with E-state index < -0.39 is 6.04 Å². The van der Waals surface area contributed by atoms with Gasteiger partial charge < -0.3 is 19.1 Å². The van der Waals surface area contributed by atoms with E-state index >= 15 is 0 Å². The van der Waals surface area contributed by atoms with Crippen LogP contribution in [0.15, 0.2) is 152 Å². The first-order valence-corrected chi connectivity index (χ1v) is 25.5. The number of pyridine rings is 1. The SMILES string of the molecule is [2H]c1c([2H])c([2H])c(-c2cccc3c2N(c2cc(C(C)(C)C)cc(C(C)(C)C)c2)[CH-]N3c2[c-]c(Oc3[c-]c4c(cc3)c3cc(-c5cc(C(C)(C)C)cc(C(C)(C)C)c5)ccc3n4-c3cc(C(C)(C)C)ccn3)ccc2)c([2H])c1[2H].[Pt]. The third-order valence-corrected chi connectivity index (χ3v) is 14.2. The van der Waals surface area contributed by atoms with Gasteiger partial charge >= 0.3 is 0 Å². The Morgan fingerprint density at radius 2 is 1.11 bits per heavy atom. The molecule has 6 heteroatoms. The molecule has 0 saturated heterocycles. The smallest absolute Gasteiger partial charge is 0.135 e. The summed E-state index contributed by atoms with van der Waals surface area (Å²) in [7, 11) is 0. The standard InChI is InChI=1S/C68H71N4O.Pt/c1-64(2,3)47-31-32-69-62(40-47)72-59-30-27-45(46-33-48(65(4,5)6)36-49(34-46)66(7,8)9)35-58(59)57-29-28-55(42-61(57)72)73-54-24-19-23-52(41-54)70-43-71(53-38-50(67(10,11)12)37-51(39-53)68(13,14)15)63-56(25-20-26-60(63)70)44-21-17-16-18-22-44;/h16-40,43H,1-15H3;/q-3;/i16D,17D,18D,21D,22D;. The number of ether oxygens (including phenoxy) is 1. The van der Waals surface area contributed by atoms with Crippen molar-refractivity contribution in [2.75, 3.05) is 9.80 Å². The van der Waals surface area contributed by atoms with Crippen molar-refractivity contribution in [3.63, 3.8) is 0 Å². The number of hydrogen-bond donors (Lipinski definition) is 0. The number of rotatable bonds is 7. The molecular weight excluding hydrogens is 1080 g/mol. The molecule has 0 spiro atoms. The normalized spacial score (nSPS) is 14.3. The predicted molar refractivity (Wildman–Crippen MR) is 309 cm³/mol. The molecule has 0 aliphatic carbocycles. The van der Waals surface area contributed by atoms with Gasteiger partial charge in [0.15, 0.2) is 0 Å². The van der Waals surface area contributed by atoms with Gasteiger partial charge in [0.05, 0.1) is 6.85 Å². The predicted octanol–water partition coefficient (Wildman–Crippen LogP) is 18.8. The van der Waals surface area contributed by atoms with Gasteiger partial charge in [-0.2, -0.15) is 12.1 Å². The van der Waals surface area contributed by atoms with E-state index in [-0.39, 0.29) is 77.9 Å². The molecule has 0 atom stereocenters. The minimum Gasteiger partial charge on any atom is -0.509 e. The fourth-order valence-electron chi connectivity index (χ4n) is 9.63. The summed E-state index contributed by atoms with van der Waals surface area (Å²) < 4.78 is 53.0. The molecule has 7 aromatic carbocycles. The average Bonchev–Trinajstić information content (AvgIpc) is 4.20. The van der Waals surface area contributed by atoms with Crippen LogP contribution in [-0.2, 0) is 48.1 Å². The van der Waals surface area contributed by atoms with E-state index in [1.54, 1.807) is 0 Å². The summed E-state index contributed by atoms with van der Waals surface area (Å²) >= 11 is 0. The molecule has 0 bridgehead atoms. The maximum atomic E-state index is 9.12. The van der Waals surface area contributed by atoms with E-state index in [0.717, 1.165) is 55.7 Å². The van der Waals surface area contributed by atoms with Gasteiger partial charge in [-0.25, -0.2) is 4.98 Å². The van der Waals surface area contributed by atoms with Crippen molar-refractivity contribution >= 4 is 44.6 Å². The van der Waals surface area contributed by atoms with Crippen LogP contribution in [0.5, 0.6) is 11.5 Å². The molecule has 3 heterocycles. The molecule has 0 unspecified atom stereocenters. The zero-order chi connectivity index (χ0) is 56.3. The number of para-hydroxylation sites is 1. The quantitative estimate of drug-likeness (QED) is 0.149. The van der Waals surface area contributed by atoms with Crippen LogP contribution in [0.2, 0.25) is 0 Å². The number of aromatic nitrogens is 2. The van der Waals surface area contributed by atoms with E-state index in [4.69, 9.17) is 16.6 Å². The van der Waals surface area contributed by atoms with Gasteiger partial charge in [0.2, 0.25) is 0 Å². The van der Waals surface area contributed by atoms with Crippen LogP contribution in [0, 0.1) is 18.8 Å². The third-order valence-electron chi connectivity index (χ3n) is 14.2. The molecule has 0 amide bonds. The molecular formula is C68H71N4OPt-3. The fourth-order valence-corrected chi connectivity index (χ4v) is 9.63. The molecule has 382 valence electrons. The summed E-state index contributed by atoms with van der Waals surface area (Å²) in [6, 6.07) is 45.8. The van der Waals surface area contributed by atoms with E-state index in [1.807, 2.05) is 60.2 Å². The summed E-state index contributed by atoms with van der Waals surface area (Å²) in [5.74, 6) is 1.76. The Hall–Kier alpha value is -6.42. The molecule has 0 N–H and O–H groups in total. The summed E-state index contributed by atoms with van der Waals surface area (Å²) in [5, 5.41) is 2.10. The van der Waals surface area contributed by atoms with Crippen LogP contribution >= 0.6 is 0 Å². The maximum Gasteiger partial charge on any atom is 0.135 e. The Morgan fingerprint density at radius 1 is 0.514 bits per heavy atom. The van der Waals surface area contributed by atoms with Gasteiger partial charge in [0.25, 0.3) is 0 Å². The maximum absolute atomic E-state index is 9.12. The summed E-state index contributed by atoms with van der Waals surface area (Å²) in [6.45, 7) is 35.5. The van der Waals surface area contributed by atoms with Crippen molar-refractivity contribution in [2.45, 2.75) is 131 Å². The Morgan fingerprint density at radius 3 is 1.73 bits per heavy atom. The molecule has 0 radical (unpaired) electrons. The van der Waals surface area contributed by atoms with Crippen LogP contribution in [0.1, 0.15) is 139 Å². The summed E-state index contributed by atoms with van der Waals surface area (Å²) in [5.41, 5.74) is 13.3. The Bertz CT molecular complexity index is 3770. The number of benzene rings is 7. The molecule has 10 rings (SSSR count). The van der Waals surface area contributed by atoms with Gasteiger partial charge in [0.1, 0.15) is 5.82 Å². The second-order valence-corrected chi connectivity index (χ2v) is 24.9. The van der Waals surface area contributed by atoms with Crippen molar-refractivity contribution in [1.82, 2.24) is 9.55 Å². The molecule has 0 saturated carbocycles. The summed E-state index contributed by atoms with van der Waals surface area (Å²) in [4.78, 5) is 9.09. The number of hydrogen-bond acceptors (Lipinski definition) is 4. The minimum absolute atomic E-state index is 0. The first-order chi connectivity index (χ1) is 36.4. The topological polar surface area (TPSA) is 33.5 Å². The second-order valence-electron chi connectivity index (χ2n) is 24.9. The summed E-state index contributed by atoms with van der Waals surface area (Å²) in [6.07, 6.45) is 1.89. The monoisotopic (exact) mass is 1160 g/mol. The number of fused-ring (bicyclic) bond motifs is 4. The van der Waals surface area contributed by atoms with Gasteiger partial charge in [0, 0.05) is 66.9 Å². The molecule has 1 aliphatic heterocycles. The average molecular weight is 1160 g/mol. The molecule has 74 heavy (non-hydrogen) atoms. The number of anilines is 4. The first-order valence-electron chi connectivity index (χ1n) is 28.0. The minimum atomic E-state index is -0.434. The zero-order valence-electron chi connectivity index (χ0n) is 50.6. The zero-order valence-corrected chi connectivity index (χ0v) is 47.9. The van der Waals surface area contributed by atoms with Crippen LogP contribution in [0.4, 0.5) is 22.7 Å². The van der Waals surface area contributed by atoms with Crippen molar-refractivity contribution in [3.05, 3.63) is 198 Å². The molecule has 9 aromatic rings. The van der Waals surface area contributed by atoms with Gasteiger partial charge in [-0.3, -0.25) is 0 Å². The molecule has 5 nitrogen and oxygen atoms in total. The van der Waals surface area contributed by atoms with Gasteiger partial charge in [-0.1, -0.05) is 188 Å². The molecule has 0 fully saturated rings. The van der Waals surface area contributed by atoms with E-state index in [2.05, 4.69) is 198 Å². The third kappa shape index (κ3) is 10.2. The van der Waals surface area contributed by atoms with Crippen LogP contribution in [0.25, 0.3) is 49.9 Å². The Kier molecular flexibility index (Phi) is 11.9.